The van der Waals surface area contributed by atoms with Crippen LogP contribution in [0.3, 0.4) is 0 Å². The van der Waals surface area contributed by atoms with Crippen LogP contribution in [0.15, 0.2) is 72.8 Å². The van der Waals surface area contributed by atoms with Crippen LogP contribution < -0.4 is 18.9 Å². The Labute approximate surface area is 194 Å². The van der Waals surface area contributed by atoms with E-state index in [1.54, 1.807) is 46.6 Å². The van der Waals surface area contributed by atoms with Crippen LogP contribution in [0.5, 0.6) is 23.0 Å². The summed E-state index contributed by atoms with van der Waals surface area (Å²) in [6, 6.07) is 19.0. The zero-order chi connectivity index (χ0) is 23.6. The van der Waals surface area contributed by atoms with Gasteiger partial charge in [0.25, 0.3) is 0 Å². The molecule has 3 aromatic carbocycles. The van der Waals surface area contributed by atoms with Crippen LogP contribution in [0.2, 0.25) is 0 Å². The van der Waals surface area contributed by atoms with Crippen LogP contribution in [0.1, 0.15) is 27.0 Å². The lowest BCUT2D eigenvalue weighted by Crippen LogP contribution is -1.96. The van der Waals surface area contributed by atoms with Crippen LogP contribution in [-0.2, 0) is 6.42 Å². The highest BCUT2D eigenvalue weighted by Gasteiger charge is 2.12. The first-order valence-electron chi connectivity index (χ1n) is 10.5. The van der Waals surface area contributed by atoms with Crippen molar-refractivity contribution in [2.45, 2.75) is 6.42 Å². The van der Waals surface area contributed by atoms with Crippen molar-refractivity contribution in [3.8, 4) is 23.0 Å². The van der Waals surface area contributed by atoms with Crippen LogP contribution in [0.25, 0.3) is 12.2 Å². The third-order valence-electron chi connectivity index (χ3n) is 5.16. The van der Waals surface area contributed by atoms with Gasteiger partial charge in [-0.3, -0.25) is 4.79 Å². The van der Waals surface area contributed by atoms with Gasteiger partial charge in [-0.25, -0.2) is 0 Å². The van der Waals surface area contributed by atoms with E-state index in [1.807, 2.05) is 60.7 Å². The van der Waals surface area contributed by atoms with Crippen molar-refractivity contribution in [2.75, 3.05) is 28.4 Å². The molecule has 0 unspecified atom stereocenters. The van der Waals surface area contributed by atoms with Crippen LogP contribution in [0, 0.1) is 0 Å². The molecular formula is C28H28O5. The summed E-state index contributed by atoms with van der Waals surface area (Å²) in [6.45, 7) is 0. The highest BCUT2D eigenvalue weighted by atomic mass is 16.5. The van der Waals surface area contributed by atoms with E-state index in [1.165, 1.54) is 0 Å². The lowest BCUT2D eigenvalue weighted by atomic mass is 10.0. The number of carbonyl (C=O) groups is 1. The van der Waals surface area contributed by atoms with Crippen molar-refractivity contribution in [1.82, 2.24) is 0 Å². The van der Waals surface area contributed by atoms with Crippen molar-refractivity contribution in [3.05, 3.63) is 95.1 Å². The molecule has 3 rings (SSSR count). The van der Waals surface area contributed by atoms with E-state index in [4.69, 9.17) is 18.9 Å². The Balaban J connectivity index is 1.77. The van der Waals surface area contributed by atoms with Gasteiger partial charge in [0.2, 0.25) is 5.75 Å². The summed E-state index contributed by atoms with van der Waals surface area (Å²) >= 11 is 0. The van der Waals surface area contributed by atoms with Crippen molar-refractivity contribution in [2.24, 2.45) is 0 Å². The SMILES string of the molecule is COc1cccc(C(=O)/C=C\Cc2ccccc2/C=C\c2cc(OC)c(OC)c(OC)c2)c1. The molecular weight excluding hydrogens is 416 g/mol. The minimum atomic E-state index is -0.0562. The van der Waals surface area contributed by atoms with E-state index < -0.39 is 0 Å². The van der Waals surface area contributed by atoms with E-state index >= 15 is 0 Å². The lowest BCUT2D eigenvalue weighted by Gasteiger charge is -2.13. The van der Waals surface area contributed by atoms with Gasteiger partial charge in [0, 0.05) is 5.56 Å². The van der Waals surface area contributed by atoms with E-state index in [2.05, 4.69) is 6.07 Å². The Morgan fingerprint density at radius 1 is 0.788 bits per heavy atom. The fourth-order valence-electron chi connectivity index (χ4n) is 3.43. The van der Waals surface area contributed by atoms with Crippen LogP contribution >= 0.6 is 0 Å². The zero-order valence-corrected chi connectivity index (χ0v) is 19.3. The Bertz CT molecular complexity index is 1140. The normalized spacial score (nSPS) is 11.0. The molecule has 0 bridgehead atoms. The molecule has 3 aromatic rings. The summed E-state index contributed by atoms with van der Waals surface area (Å²) in [7, 11) is 6.36. The second-order valence-corrected chi connectivity index (χ2v) is 7.19. The van der Waals surface area contributed by atoms with Gasteiger partial charge in [-0.05, 0) is 53.5 Å². The van der Waals surface area contributed by atoms with Gasteiger partial charge in [-0.2, -0.15) is 0 Å². The molecule has 0 saturated heterocycles. The molecule has 33 heavy (non-hydrogen) atoms. The molecule has 0 radical (unpaired) electrons. The topological polar surface area (TPSA) is 54.0 Å². The van der Waals surface area contributed by atoms with Gasteiger partial charge >= 0.3 is 0 Å². The number of hydrogen-bond acceptors (Lipinski definition) is 5. The molecule has 0 aromatic heterocycles. The summed E-state index contributed by atoms with van der Waals surface area (Å²) in [5, 5.41) is 0. The molecule has 170 valence electrons. The average Bonchev–Trinajstić information content (AvgIpc) is 2.87. The van der Waals surface area contributed by atoms with Crippen LogP contribution in [0.4, 0.5) is 0 Å². The highest BCUT2D eigenvalue weighted by molar-refractivity contribution is 6.04. The van der Waals surface area contributed by atoms with Gasteiger partial charge in [0.15, 0.2) is 17.3 Å². The fraction of sp³-hybridized carbons (Fsp3) is 0.179. The summed E-state index contributed by atoms with van der Waals surface area (Å²) in [4.78, 5) is 12.5. The molecule has 0 aliphatic rings. The number of rotatable bonds is 10. The number of ether oxygens (including phenoxy) is 4. The smallest absolute Gasteiger partial charge is 0.203 e. The summed E-state index contributed by atoms with van der Waals surface area (Å²) in [5.41, 5.74) is 3.69. The molecule has 0 atom stereocenters. The maximum absolute atomic E-state index is 12.5. The minimum Gasteiger partial charge on any atom is -0.497 e. The molecule has 0 aliphatic carbocycles. The zero-order valence-electron chi connectivity index (χ0n) is 19.3. The lowest BCUT2D eigenvalue weighted by molar-refractivity contribution is 0.104. The number of benzene rings is 3. The van der Waals surface area contributed by atoms with Gasteiger partial charge in [-0.1, -0.05) is 54.6 Å². The summed E-state index contributed by atoms with van der Waals surface area (Å²) < 4.78 is 21.4. The molecule has 0 N–H and O–H groups in total. The molecule has 0 fully saturated rings. The molecule has 5 nitrogen and oxygen atoms in total. The van der Waals surface area contributed by atoms with Gasteiger partial charge in [0.1, 0.15) is 5.75 Å². The molecule has 0 spiro atoms. The predicted molar refractivity (Wildman–Crippen MR) is 132 cm³/mol. The minimum absolute atomic E-state index is 0.0562. The van der Waals surface area contributed by atoms with Gasteiger partial charge in [0.05, 0.1) is 28.4 Å². The van der Waals surface area contributed by atoms with E-state index in [0.29, 0.717) is 35.0 Å². The first kappa shape index (κ1) is 23.7. The monoisotopic (exact) mass is 444 g/mol. The van der Waals surface area contributed by atoms with Crippen molar-refractivity contribution >= 4 is 17.9 Å². The van der Waals surface area contributed by atoms with E-state index in [0.717, 1.165) is 16.7 Å². The summed E-state index contributed by atoms with van der Waals surface area (Å²) in [5.74, 6) is 2.37. The molecule has 5 heteroatoms. The maximum Gasteiger partial charge on any atom is 0.203 e. The number of methoxy groups -OCH3 is 4. The number of carbonyl (C=O) groups excluding carboxylic acids is 1. The van der Waals surface area contributed by atoms with Crippen molar-refractivity contribution in [3.63, 3.8) is 0 Å². The quantitative estimate of drug-likeness (QED) is 0.222. The third kappa shape index (κ3) is 6.04. The van der Waals surface area contributed by atoms with Crippen molar-refractivity contribution < 1.29 is 23.7 Å². The second kappa shape index (κ2) is 11.6. The number of hydrogen-bond donors (Lipinski definition) is 0. The Morgan fingerprint density at radius 3 is 2.18 bits per heavy atom. The highest BCUT2D eigenvalue weighted by Crippen LogP contribution is 2.38. The first-order valence-corrected chi connectivity index (χ1v) is 10.5. The van der Waals surface area contributed by atoms with E-state index in [-0.39, 0.29) is 5.78 Å². The Morgan fingerprint density at radius 2 is 1.52 bits per heavy atom. The Kier molecular flexibility index (Phi) is 8.30. The van der Waals surface area contributed by atoms with Crippen LogP contribution in [-0.4, -0.2) is 34.2 Å². The fourth-order valence-corrected chi connectivity index (χ4v) is 3.43. The van der Waals surface area contributed by atoms with Gasteiger partial charge in [-0.15, -0.1) is 0 Å². The van der Waals surface area contributed by atoms with Gasteiger partial charge < -0.3 is 18.9 Å². The third-order valence-corrected chi connectivity index (χ3v) is 5.16. The Hall–Kier alpha value is -3.99. The van der Waals surface area contributed by atoms with Crippen molar-refractivity contribution in [1.29, 1.82) is 0 Å². The molecule has 0 amide bonds. The largest absolute Gasteiger partial charge is 0.497 e. The van der Waals surface area contributed by atoms with E-state index in [9.17, 15) is 4.79 Å². The predicted octanol–water partition coefficient (Wildman–Crippen LogP) is 5.87. The molecule has 0 aliphatic heterocycles. The standard InChI is InChI=1S/C28H28O5/c1-30-24-13-7-12-23(19-24)25(29)14-8-11-21-9-5-6-10-22(21)16-15-20-17-26(31-2)28(33-4)27(18-20)32-3/h5-10,12-19H,11H2,1-4H3/b14-8-,16-15-. The number of ketones is 1. The first-order chi connectivity index (χ1) is 16.1. The molecule has 0 heterocycles. The maximum atomic E-state index is 12.5. The number of allylic oxidation sites excluding steroid dienone is 2. The summed E-state index contributed by atoms with van der Waals surface area (Å²) in [6.07, 6.45) is 8.15. The molecule has 0 saturated carbocycles. The second-order valence-electron chi connectivity index (χ2n) is 7.19. The average molecular weight is 445 g/mol.